The Balaban J connectivity index is 0.000000127. The summed E-state index contributed by atoms with van der Waals surface area (Å²) in [6, 6.07) is 19.2. The average Bonchev–Trinajstić information content (AvgIpc) is 4.18. The predicted octanol–water partition coefficient (Wildman–Crippen LogP) is 9.10. The number of aromatic nitrogens is 6. The third-order valence-electron chi connectivity index (χ3n) is 15.1. The summed E-state index contributed by atoms with van der Waals surface area (Å²) in [6.45, 7) is 6.35. The van der Waals surface area contributed by atoms with Crippen LogP contribution in [-0.4, -0.2) is 74.2 Å². The van der Waals surface area contributed by atoms with Gasteiger partial charge in [-0.2, -0.15) is 23.7 Å². The number of hydrogen-bond donors (Lipinski definition) is 2. The molecule has 16 heteroatoms. The first kappa shape index (κ1) is 47.8. The molecule has 0 unspecified atom stereocenters. The highest BCUT2D eigenvalue weighted by Crippen LogP contribution is 2.52. The van der Waals surface area contributed by atoms with Crippen molar-refractivity contribution < 1.29 is 35.7 Å². The van der Waals surface area contributed by atoms with Crippen LogP contribution in [0.2, 0.25) is 0 Å². The smallest absolute Gasteiger partial charge is 0.264 e. The minimum Gasteiger partial charge on any atom is -0.400 e. The maximum absolute atomic E-state index is 13.2. The molecule has 6 aliphatic rings. The lowest BCUT2D eigenvalue weighted by Gasteiger charge is -2.34. The number of rotatable bonds is 5. The molecular weight excluding hydrogens is 904 g/mol. The number of Topliss-reactive ketones (excluding diaryl/α,β-unsaturated/α-hetero) is 1. The van der Waals surface area contributed by atoms with Crippen molar-refractivity contribution in [1.82, 2.24) is 29.3 Å². The number of halogens is 3. The van der Waals surface area contributed by atoms with Gasteiger partial charge in [-0.15, -0.1) is 0 Å². The number of ketones is 1. The Bertz CT molecular complexity index is 3140. The van der Waals surface area contributed by atoms with Crippen LogP contribution < -0.4 is 5.73 Å². The molecular formula is C53H56F3N7O5S. The molecule has 3 fully saturated rings. The summed E-state index contributed by atoms with van der Waals surface area (Å²) in [5.74, 6) is -0.444. The van der Waals surface area contributed by atoms with Crippen LogP contribution in [0.15, 0.2) is 108 Å². The second-order valence-corrected chi connectivity index (χ2v) is 21.0. The fourth-order valence-electron chi connectivity index (χ4n) is 11.1. The van der Waals surface area contributed by atoms with Gasteiger partial charge in [0.1, 0.15) is 23.2 Å². The number of fused-ring (bicyclic) bond motifs is 6. The van der Waals surface area contributed by atoms with Crippen LogP contribution in [0.3, 0.4) is 0 Å². The molecule has 0 saturated heterocycles. The van der Waals surface area contributed by atoms with E-state index >= 15 is 0 Å². The van der Waals surface area contributed by atoms with Crippen LogP contribution in [0.1, 0.15) is 93.1 Å². The maximum Gasteiger partial charge on any atom is 0.264 e. The summed E-state index contributed by atoms with van der Waals surface area (Å²) < 4.78 is 73.3. The zero-order valence-corrected chi connectivity index (χ0v) is 40.1. The normalized spacial score (nSPS) is 24.8. The van der Waals surface area contributed by atoms with E-state index < -0.39 is 10.1 Å². The minimum absolute atomic E-state index is 0.0731. The summed E-state index contributed by atoms with van der Waals surface area (Å²) in [6.07, 6.45) is 20.1. The van der Waals surface area contributed by atoms with Gasteiger partial charge in [-0.05, 0) is 166 Å². The van der Waals surface area contributed by atoms with Crippen LogP contribution in [0, 0.1) is 33.7 Å². The largest absolute Gasteiger partial charge is 0.400 e. The molecule has 6 aromatic rings. The lowest BCUT2D eigenvalue weighted by atomic mass is 9.73. The molecule has 12 rings (SSSR count). The molecule has 3 heterocycles. The van der Waals surface area contributed by atoms with Gasteiger partial charge in [-0.25, -0.2) is 27.2 Å². The molecule has 3 N–H and O–H groups in total. The highest BCUT2D eigenvalue weighted by Gasteiger charge is 2.48. The monoisotopic (exact) mass is 959 g/mol. The number of nitrogens with two attached hydrogens (primary N) is 1. The van der Waals surface area contributed by atoms with Crippen molar-refractivity contribution in [1.29, 1.82) is 0 Å². The topological polar surface area (TPSA) is 160 Å². The van der Waals surface area contributed by atoms with Gasteiger partial charge in [-0.3, -0.25) is 8.98 Å². The molecule has 5 atom stereocenters. The van der Waals surface area contributed by atoms with E-state index in [0.717, 1.165) is 90.7 Å². The highest BCUT2D eigenvalue weighted by molar-refractivity contribution is 7.86. The molecule has 6 aliphatic carbocycles. The van der Waals surface area contributed by atoms with Gasteiger partial charge in [-0.1, -0.05) is 30.6 Å². The van der Waals surface area contributed by atoms with E-state index in [2.05, 4.69) is 47.4 Å². The van der Waals surface area contributed by atoms with Crippen molar-refractivity contribution in [3.63, 3.8) is 0 Å². The summed E-state index contributed by atoms with van der Waals surface area (Å²) >= 11 is 0. The predicted molar refractivity (Wildman–Crippen MR) is 258 cm³/mol. The average molecular weight is 960 g/mol. The van der Waals surface area contributed by atoms with Crippen molar-refractivity contribution in [3.05, 3.63) is 159 Å². The molecule has 0 aliphatic heterocycles. The second kappa shape index (κ2) is 18.3. The zero-order valence-electron chi connectivity index (χ0n) is 39.3. The van der Waals surface area contributed by atoms with Crippen molar-refractivity contribution >= 4 is 34.1 Å². The number of carbonyl (C=O) groups is 1. The molecule has 69 heavy (non-hydrogen) atoms. The Hall–Kier alpha value is -6.20. The molecule has 360 valence electrons. The molecule has 3 aromatic heterocycles. The number of aliphatic hydroxyl groups excluding tert-OH is 1. The number of benzene rings is 3. The Morgan fingerprint density at radius 3 is 1.43 bits per heavy atom. The first-order valence-corrected chi connectivity index (χ1v) is 25.0. The fourth-order valence-corrected chi connectivity index (χ4v) is 11.8. The number of nitrogens with zero attached hydrogens (tertiary/aromatic N) is 6. The summed E-state index contributed by atoms with van der Waals surface area (Å²) in [7, 11) is -2.50. The first-order chi connectivity index (χ1) is 32.9. The number of hydrogen-bond acceptors (Lipinski definition) is 9. The third kappa shape index (κ3) is 8.88. The summed E-state index contributed by atoms with van der Waals surface area (Å²) in [4.78, 5) is 12.1. The Morgan fingerprint density at radius 1 is 0.594 bits per heavy atom. The Labute approximate surface area is 400 Å². The molecule has 3 saturated carbocycles. The van der Waals surface area contributed by atoms with Gasteiger partial charge in [0, 0.05) is 30.4 Å². The maximum atomic E-state index is 13.2. The lowest BCUT2D eigenvalue weighted by Crippen LogP contribution is -2.38. The van der Waals surface area contributed by atoms with Gasteiger partial charge < -0.3 is 10.8 Å². The summed E-state index contributed by atoms with van der Waals surface area (Å²) in [5.41, 5.74) is 18.5. The Kier molecular flexibility index (Phi) is 12.7. The van der Waals surface area contributed by atoms with E-state index in [9.17, 15) is 26.4 Å². The van der Waals surface area contributed by atoms with E-state index in [1.54, 1.807) is 47.3 Å². The van der Waals surface area contributed by atoms with E-state index in [-0.39, 0.29) is 45.8 Å². The molecule has 12 nitrogen and oxygen atoms in total. The fraction of sp³-hybridized carbons (Fsp3) is 0.358. The van der Waals surface area contributed by atoms with Gasteiger partial charge in [0.25, 0.3) is 10.1 Å². The van der Waals surface area contributed by atoms with E-state index in [4.69, 9.17) is 15.0 Å². The van der Waals surface area contributed by atoms with Crippen LogP contribution in [0.5, 0.6) is 0 Å². The highest BCUT2D eigenvalue weighted by atomic mass is 32.2. The molecule has 0 radical (unpaired) electrons. The minimum atomic E-state index is -3.50. The number of carbonyl (C=O) groups excluding carboxylic acids is 1. The van der Waals surface area contributed by atoms with E-state index in [1.807, 2.05) is 28.7 Å². The van der Waals surface area contributed by atoms with Crippen molar-refractivity contribution in [3.8, 4) is 17.1 Å². The number of allylic oxidation sites excluding steroid dienone is 1. The third-order valence-corrected chi connectivity index (χ3v) is 15.7. The molecule has 0 amide bonds. The molecule has 3 aromatic carbocycles. The van der Waals surface area contributed by atoms with Crippen LogP contribution >= 0.6 is 0 Å². The first-order valence-electron chi connectivity index (χ1n) is 23.2. The van der Waals surface area contributed by atoms with Crippen molar-refractivity contribution in [2.45, 2.75) is 90.7 Å². The Morgan fingerprint density at radius 2 is 0.986 bits per heavy atom. The van der Waals surface area contributed by atoms with E-state index in [0.29, 0.717) is 31.5 Å². The van der Waals surface area contributed by atoms with Gasteiger partial charge >= 0.3 is 0 Å². The number of aliphatic hydroxyl groups is 1. The van der Waals surface area contributed by atoms with Gasteiger partial charge in [0.2, 0.25) is 0 Å². The lowest BCUT2D eigenvalue weighted by molar-refractivity contribution is -0.123. The van der Waals surface area contributed by atoms with E-state index in [1.165, 1.54) is 58.7 Å². The van der Waals surface area contributed by atoms with Crippen LogP contribution in [0.4, 0.5) is 13.2 Å². The quantitative estimate of drug-likeness (QED) is 0.161. The van der Waals surface area contributed by atoms with Gasteiger partial charge in [0.05, 0.1) is 70.5 Å². The SMILES string of the molecule is CO.C[C@]12Cc3cnn(-c4ccc(F)cc4)c3C=C1CCC2=O.C[C@]12Cc3cnn(-c4ccc(F)cc4)c3C=C1CC[C@@H]2OS(C)(=O)=O.C[C@]12Cc3cnn(-c4ccc(F)cc4)c3C=C1CC[C@H]2N. The zero-order chi connectivity index (χ0) is 49.0. The van der Waals surface area contributed by atoms with Crippen molar-refractivity contribution in [2.24, 2.45) is 22.0 Å². The van der Waals surface area contributed by atoms with Crippen molar-refractivity contribution in [2.75, 3.05) is 13.4 Å². The summed E-state index contributed by atoms with van der Waals surface area (Å²) in [5, 5.41) is 20.4. The van der Waals surface area contributed by atoms with Gasteiger partial charge in [0.15, 0.2) is 0 Å². The molecule has 0 bridgehead atoms. The second-order valence-electron chi connectivity index (χ2n) is 19.4. The van der Waals surface area contributed by atoms with Crippen LogP contribution in [0.25, 0.3) is 35.3 Å². The van der Waals surface area contributed by atoms with Crippen LogP contribution in [-0.2, 0) is 38.4 Å². The standard InChI is InChI=1S/C18H19FN2O3S.C17H18FN3.C17H15FN2O.CH4O/c1-18-10-12-11-20-21(15-6-4-14(19)5-7-15)16(12)9-13(18)3-8-17(18)24-25(2,22)23;1-17-9-11-10-20-21(14-5-3-13(18)4-6-14)15(11)8-12(17)2-7-16(17)19;1-17-9-11-10-19-20(14-5-3-13(18)4-6-14)15(11)8-12(17)2-7-16(17)21;1-2/h4-7,9,11,17H,3,8,10H2,1-2H3;3-6,8,10,16H,2,7,9,19H2,1H3;3-6,8,10H,2,7,9H2,1H3;2H,1H3/t17-,18-;16-,17+;17-;/m010./s1. The molecule has 0 spiro atoms.